The molecule has 1 atom stereocenters. The van der Waals surface area contributed by atoms with Crippen LogP contribution in [0.4, 0.5) is 0 Å². The predicted octanol–water partition coefficient (Wildman–Crippen LogP) is 16.3. The van der Waals surface area contributed by atoms with Crippen molar-refractivity contribution in [2.45, 2.75) is 271 Å². The molecule has 1 unspecified atom stereocenters. The van der Waals surface area contributed by atoms with Gasteiger partial charge in [-0.25, -0.2) is 0 Å². The van der Waals surface area contributed by atoms with Gasteiger partial charge in [0.05, 0.1) is 0 Å². The van der Waals surface area contributed by atoms with Crippen molar-refractivity contribution in [3.63, 3.8) is 0 Å². The Hall–Kier alpha value is -0.660. The molecule has 1 rings (SSSR count). The standard InChI is InChI=1S/C46H92N2/c1-4-7-10-13-16-19-22-24-25-27-29-32-35-38-41-46-47(42-39-36-33-30-21-18-15-12-9-6-3)44-45-48(46)43-40-37-34-31-28-26-23-20-17-14-11-8-5-2/h44-46H,4-43H2,1-3H3. The zero-order valence-corrected chi connectivity index (χ0v) is 33.9. The van der Waals surface area contributed by atoms with Gasteiger partial charge in [-0.05, 0) is 25.7 Å². The first-order valence-corrected chi connectivity index (χ1v) is 23.0. The lowest BCUT2D eigenvalue weighted by Crippen LogP contribution is -2.39. The molecular formula is C46H92N2. The van der Waals surface area contributed by atoms with Crippen LogP contribution in [0.25, 0.3) is 0 Å². The second-order valence-corrected chi connectivity index (χ2v) is 16.1. The highest BCUT2D eigenvalue weighted by Crippen LogP contribution is 2.24. The van der Waals surface area contributed by atoms with Crippen LogP contribution >= 0.6 is 0 Å². The lowest BCUT2D eigenvalue weighted by molar-refractivity contribution is 0.135. The summed E-state index contributed by atoms with van der Waals surface area (Å²) in [5.41, 5.74) is 0. The number of hydrogen-bond donors (Lipinski definition) is 0. The molecule has 48 heavy (non-hydrogen) atoms. The minimum Gasteiger partial charge on any atom is -0.356 e. The SMILES string of the molecule is CCCCCCCCCCCCCCCCC1N(CCCCCCCCCCCC)C=CN1CCCCCCCCCCCCCCC. The van der Waals surface area contributed by atoms with Gasteiger partial charge < -0.3 is 9.80 Å². The zero-order chi connectivity index (χ0) is 34.4. The third kappa shape index (κ3) is 29.1. The maximum atomic E-state index is 2.73. The topological polar surface area (TPSA) is 6.48 Å². The average molecular weight is 673 g/mol. The van der Waals surface area contributed by atoms with Crippen molar-refractivity contribution in [2.24, 2.45) is 0 Å². The van der Waals surface area contributed by atoms with Crippen LogP contribution in [0.2, 0.25) is 0 Å². The van der Waals surface area contributed by atoms with Crippen LogP contribution in [0.1, 0.15) is 265 Å². The van der Waals surface area contributed by atoms with Crippen molar-refractivity contribution in [1.29, 1.82) is 0 Å². The van der Waals surface area contributed by atoms with Crippen molar-refractivity contribution in [3.05, 3.63) is 12.4 Å². The normalized spacial score (nSPS) is 14.6. The van der Waals surface area contributed by atoms with Crippen LogP contribution in [0.5, 0.6) is 0 Å². The molecule has 0 spiro atoms. The van der Waals surface area contributed by atoms with E-state index in [0.717, 1.165) is 0 Å². The second-order valence-electron chi connectivity index (χ2n) is 16.1. The molecule has 1 heterocycles. The van der Waals surface area contributed by atoms with Gasteiger partial charge in [-0.2, -0.15) is 0 Å². The first-order chi connectivity index (χ1) is 23.8. The fourth-order valence-corrected chi connectivity index (χ4v) is 7.95. The summed E-state index contributed by atoms with van der Waals surface area (Å²) in [5, 5.41) is 0. The van der Waals surface area contributed by atoms with Crippen LogP contribution in [-0.2, 0) is 0 Å². The molecule has 0 fully saturated rings. The molecule has 1 aliphatic rings. The van der Waals surface area contributed by atoms with Crippen LogP contribution in [0.15, 0.2) is 12.4 Å². The molecule has 1 aliphatic heterocycles. The average Bonchev–Trinajstić information content (AvgIpc) is 3.48. The van der Waals surface area contributed by atoms with Crippen LogP contribution in [0.3, 0.4) is 0 Å². The van der Waals surface area contributed by atoms with Gasteiger partial charge >= 0.3 is 0 Å². The highest BCUT2D eigenvalue weighted by Gasteiger charge is 2.24. The molecule has 0 saturated heterocycles. The van der Waals surface area contributed by atoms with E-state index in [1.165, 1.54) is 257 Å². The Morgan fingerprint density at radius 3 is 0.729 bits per heavy atom. The van der Waals surface area contributed by atoms with Crippen LogP contribution in [0, 0.1) is 0 Å². The molecule has 0 aromatic rings. The Labute approximate surface area is 305 Å². The molecule has 0 bridgehead atoms. The third-order valence-electron chi connectivity index (χ3n) is 11.3. The molecule has 0 radical (unpaired) electrons. The Morgan fingerprint density at radius 1 is 0.271 bits per heavy atom. The van der Waals surface area contributed by atoms with Gasteiger partial charge in [0.2, 0.25) is 0 Å². The van der Waals surface area contributed by atoms with E-state index < -0.39 is 0 Å². The molecule has 0 aliphatic carbocycles. The molecule has 0 amide bonds. The maximum Gasteiger partial charge on any atom is 0.101 e. The molecule has 2 nitrogen and oxygen atoms in total. The van der Waals surface area contributed by atoms with Gasteiger partial charge in [0.15, 0.2) is 0 Å². The summed E-state index contributed by atoms with van der Waals surface area (Å²) in [4.78, 5) is 5.46. The minimum atomic E-state index is 0.637. The van der Waals surface area contributed by atoms with E-state index in [0.29, 0.717) is 6.17 Å². The number of nitrogens with zero attached hydrogens (tertiary/aromatic N) is 2. The van der Waals surface area contributed by atoms with Gasteiger partial charge in [-0.1, -0.05) is 239 Å². The van der Waals surface area contributed by atoms with E-state index in [1.807, 2.05) is 0 Å². The summed E-state index contributed by atoms with van der Waals surface area (Å²) in [5.74, 6) is 0. The predicted molar refractivity (Wildman–Crippen MR) is 219 cm³/mol. The molecule has 0 N–H and O–H groups in total. The first kappa shape index (κ1) is 45.4. The Morgan fingerprint density at radius 2 is 0.479 bits per heavy atom. The zero-order valence-electron chi connectivity index (χ0n) is 33.9. The van der Waals surface area contributed by atoms with E-state index in [4.69, 9.17) is 0 Å². The van der Waals surface area contributed by atoms with E-state index in [1.54, 1.807) is 0 Å². The summed E-state index contributed by atoms with van der Waals surface area (Å²) >= 11 is 0. The monoisotopic (exact) mass is 673 g/mol. The Kier molecular flexibility index (Phi) is 35.5. The second kappa shape index (κ2) is 37.6. The number of rotatable bonds is 40. The molecule has 0 aromatic carbocycles. The highest BCUT2D eigenvalue weighted by atomic mass is 15.4. The number of hydrogen-bond acceptors (Lipinski definition) is 2. The summed E-state index contributed by atoms with van der Waals surface area (Å²) in [6, 6.07) is 0. The smallest absolute Gasteiger partial charge is 0.101 e. The fourth-order valence-electron chi connectivity index (χ4n) is 7.95. The minimum absolute atomic E-state index is 0.637. The summed E-state index contributed by atoms with van der Waals surface area (Å²) < 4.78 is 0. The van der Waals surface area contributed by atoms with Crippen molar-refractivity contribution < 1.29 is 0 Å². The van der Waals surface area contributed by atoms with Crippen molar-refractivity contribution in [2.75, 3.05) is 13.1 Å². The Balaban J connectivity index is 2.21. The fraction of sp³-hybridized carbons (Fsp3) is 0.957. The summed E-state index contributed by atoms with van der Waals surface area (Å²) in [6.07, 6.45) is 60.4. The van der Waals surface area contributed by atoms with Crippen LogP contribution in [-0.4, -0.2) is 29.1 Å². The van der Waals surface area contributed by atoms with Crippen molar-refractivity contribution in [1.82, 2.24) is 9.80 Å². The molecule has 286 valence electrons. The first-order valence-electron chi connectivity index (χ1n) is 23.0. The Bertz CT molecular complexity index is 630. The molecular weight excluding hydrogens is 581 g/mol. The van der Waals surface area contributed by atoms with Crippen LogP contribution < -0.4 is 0 Å². The van der Waals surface area contributed by atoms with Gasteiger partial charge in [0, 0.05) is 25.5 Å². The van der Waals surface area contributed by atoms with E-state index in [2.05, 4.69) is 43.0 Å². The lowest BCUT2D eigenvalue weighted by atomic mass is 10.0. The molecule has 0 saturated carbocycles. The third-order valence-corrected chi connectivity index (χ3v) is 11.3. The lowest BCUT2D eigenvalue weighted by Gasteiger charge is -2.33. The largest absolute Gasteiger partial charge is 0.356 e. The number of unbranched alkanes of at least 4 members (excludes halogenated alkanes) is 34. The molecule has 2 heteroatoms. The maximum absolute atomic E-state index is 2.73. The van der Waals surface area contributed by atoms with E-state index >= 15 is 0 Å². The quantitative estimate of drug-likeness (QED) is 0.0598. The van der Waals surface area contributed by atoms with E-state index in [-0.39, 0.29) is 0 Å². The summed E-state index contributed by atoms with van der Waals surface area (Å²) in [6.45, 7) is 9.49. The van der Waals surface area contributed by atoms with Gasteiger partial charge in [-0.3, -0.25) is 0 Å². The van der Waals surface area contributed by atoms with Gasteiger partial charge in [-0.15, -0.1) is 0 Å². The highest BCUT2D eigenvalue weighted by molar-refractivity contribution is 4.97. The van der Waals surface area contributed by atoms with Crippen molar-refractivity contribution in [3.8, 4) is 0 Å². The van der Waals surface area contributed by atoms with Gasteiger partial charge in [0.25, 0.3) is 0 Å². The van der Waals surface area contributed by atoms with Crippen molar-refractivity contribution >= 4 is 0 Å². The molecule has 0 aromatic heterocycles. The van der Waals surface area contributed by atoms with E-state index in [9.17, 15) is 0 Å². The summed E-state index contributed by atoms with van der Waals surface area (Å²) in [7, 11) is 0. The van der Waals surface area contributed by atoms with Gasteiger partial charge in [0.1, 0.15) is 6.17 Å².